The molecule has 4 heteroatoms. The van der Waals surface area contributed by atoms with Crippen molar-refractivity contribution in [3.63, 3.8) is 0 Å². The monoisotopic (exact) mass is 278 g/mol. The molecule has 0 aliphatic heterocycles. The van der Waals surface area contributed by atoms with Gasteiger partial charge in [0.15, 0.2) is 0 Å². The molecule has 1 aromatic carbocycles. The zero-order valence-electron chi connectivity index (χ0n) is 11.4. The fraction of sp³-hybridized carbons (Fsp3) is 0.533. The van der Waals surface area contributed by atoms with E-state index < -0.39 is 0 Å². The SMILES string of the molecule is CSc1cccc(NC(=O)CC2CCCCC2N)c1. The summed E-state index contributed by atoms with van der Waals surface area (Å²) in [4.78, 5) is 13.2. The molecule has 0 bridgehead atoms. The van der Waals surface area contributed by atoms with E-state index in [1.54, 1.807) is 11.8 Å². The third-order valence-electron chi connectivity index (χ3n) is 3.77. The Balaban J connectivity index is 1.89. The summed E-state index contributed by atoms with van der Waals surface area (Å²) in [6, 6.07) is 8.13. The number of thioether (sulfide) groups is 1. The third-order valence-corrected chi connectivity index (χ3v) is 4.49. The molecule has 3 nitrogen and oxygen atoms in total. The van der Waals surface area contributed by atoms with E-state index in [1.165, 1.54) is 12.8 Å². The number of benzene rings is 1. The first-order valence-electron chi connectivity index (χ1n) is 6.88. The van der Waals surface area contributed by atoms with Crippen LogP contribution < -0.4 is 11.1 Å². The number of nitrogens with two attached hydrogens (primary N) is 1. The van der Waals surface area contributed by atoms with Crippen LogP contribution in [0.3, 0.4) is 0 Å². The quantitative estimate of drug-likeness (QED) is 0.831. The van der Waals surface area contributed by atoms with Gasteiger partial charge >= 0.3 is 0 Å². The van der Waals surface area contributed by atoms with Crippen LogP contribution in [0.25, 0.3) is 0 Å². The number of carbonyl (C=O) groups is 1. The van der Waals surface area contributed by atoms with Crippen molar-refractivity contribution in [1.29, 1.82) is 0 Å². The van der Waals surface area contributed by atoms with Crippen molar-refractivity contribution in [3.05, 3.63) is 24.3 Å². The Bertz CT molecular complexity index is 436. The molecule has 2 unspecified atom stereocenters. The molecule has 1 aliphatic carbocycles. The normalized spacial score (nSPS) is 23.1. The number of amides is 1. The lowest BCUT2D eigenvalue weighted by Crippen LogP contribution is -2.35. The molecular formula is C15H22N2OS. The zero-order chi connectivity index (χ0) is 13.7. The van der Waals surface area contributed by atoms with Gasteiger partial charge in [0.2, 0.25) is 5.91 Å². The largest absolute Gasteiger partial charge is 0.327 e. The molecule has 104 valence electrons. The average Bonchev–Trinajstić information content (AvgIpc) is 2.41. The van der Waals surface area contributed by atoms with Crippen LogP contribution >= 0.6 is 11.8 Å². The van der Waals surface area contributed by atoms with Gasteiger partial charge < -0.3 is 11.1 Å². The minimum Gasteiger partial charge on any atom is -0.327 e. The van der Waals surface area contributed by atoms with Crippen molar-refractivity contribution in [1.82, 2.24) is 0 Å². The Morgan fingerprint density at radius 3 is 2.95 bits per heavy atom. The summed E-state index contributed by atoms with van der Waals surface area (Å²) < 4.78 is 0. The first-order valence-corrected chi connectivity index (χ1v) is 8.11. The molecule has 2 atom stereocenters. The van der Waals surface area contributed by atoms with Crippen molar-refractivity contribution >= 4 is 23.4 Å². The van der Waals surface area contributed by atoms with Gasteiger partial charge in [0, 0.05) is 23.0 Å². The molecule has 0 aromatic heterocycles. The van der Waals surface area contributed by atoms with Gasteiger partial charge in [0.05, 0.1) is 0 Å². The maximum Gasteiger partial charge on any atom is 0.224 e. The first kappa shape index (κ1) is 14.4. The van der Waals surface area contributed by atoms with Gasteiger partial charge in [0.1, 0.15) is 0 Å². The molecule has 1 fully saturated rings. The van der Waals surface area contributed by atoms with Crippen LogP contribution in [-0.2, 0) is 4.79 Å². The van der Waals surface area contributed by atoms with E-state index in [4.69, 9.17) is 5.73 Å². The maximum atomic E-state index is 12.1. The lowest BCUT2D eigenvalue weighted by atomic mass is 9.83. The Hall–Kier alpha value is -1.00. The first-order chi connectivity index (χ1) is 9.19. The van der Waals surface area contributed by atoms with Crippen molar-refractivity contribution in [2.75, 3.05) is 11.6 Å². The molecule has 1 aromatic rings. The summed E-state index contributed by atoms with van der Waals surface area (Å²) in [7, 11) is 0. The summed E-state index contributed by atoms with van der Waals surface area (Å²) in [5.74, 6) is 0.429. The molecule has 0 saturated heterocycles. The van der Waals surface area contributed by atoms with Gasteiger partial charge in [-0.2, -0.15) is 0 Å². The van der Waals surface area contributed by atoms with E-state index in [-0.39, 0.29) is 11.9 Å². The zero-order valence-corrected chi connectivity index (χ0v) is 12.2. The van der Waals surface area contributed by atoms with Crippen LogP contribution in [0.4, 0.5) is 5.69 Å². The Morgan fingerprint density at radius 1 is 1.42 bits per heavy atom. The second kappa shape index (κ2) is 6.96. The molecule has 1 saturated carbocycles. The van der Waals surface area contributed by atoms with Crippen molar-refractivity contribution in [2.24, 2.45) is 11.7 Å². The number of nitrogens with one attached hydrogen (secondary N) is 1. The summed E-state index contributed by atoms with van der Waals surface area (Å²) >= 11 is 1.67. The third kappa shape index (κ3) is 4.25. The lowest BCUT2D eigenvalue weighted by molar-refractivity contribution is -0.117. The van der Waals surface area contributed by atoms with Gasteiger partial charge in [-0.1, -0.05) is 18.9 Å². The highest BCUT2D eigenvalue weighted by Gasteiger charge is 2.24. The standard InChI is InChI=1S/C15H22N2OS/c1-19-13-7-4-6-12(10-13)17-15(18)9-11-5-2-3-8-14(11)16/h4,6-7,10-11,14H,2-3,5,8-9,16H2,1H3,(H,17,18). The van der Waals surface area contributed by atoms with Gasteiger partial charge in [-0.15, -0.1) is 11.8 Å². The Morgan fingerprint density at radius 2 is 2.21 bits per heavy atom. The summed E-state index contributed by atoms with van der Waals surface area (Å²) in [5.41, 5.74) is 6.96. The van der Waals surface area contributed by atoms with Crippen LogP contribution in [0.1, 0.15) is 32.1 Å². The number of carbonyl (C=O) groups excluding carboxylic acids is 1. The molecule has 0 heterocycles. The molecule has 2 rings (SSSR count). The topological polar surface area (TPSA) is 55.1 Å². The summed E-state index contributed by atoms with van der Waals surface area (Å²) in [5, 5.41) is 2.98. The number of hydrogen-bond acceptors (Lipinski definition) is 3. The predicted molar refractivity (Wildman–Crippen MR) is 81.4 cm³/mol. The van der Waals surface area contributed by atoms with Crippen LogP contribution in [-0.4, -0.2) is 18.2 Å². The predicted octanol–water partition coefficient (Wildman–Crippen LogP) is 3.25. The highest BCUT2D eigenvalue weighted by Crippen LogP contribution is 2.26. The van der Waals surface area contributed by atoms with Gasteiger partial charge in [-0.3, -0.25) is 4.79 Å². The Kier molecular flexibility index (Phi) is 5.28. The van der Waals surface area contributed by atoms with Gasteiger partial charge in [-0.25, -0.2) is 0 Å². The molecular weight excluding hydrogens is 256 g/mol. The second-order valence-corrected chi connectivity index (χ2v) is 6.07. The van der Waals surface area contributed by atoms with E-state index >= 15 is 0 Å². The van der Waals surface area contributed by atoms with E-state index in [2.05, 4.69) is 5.32 Å². The van der Waals surface area contributed by atoms with Crippen molar-refractivity contribution in [2.45, 2.75) is 43.0 Å². The number of hydrogen-bond donors (Lipinski definition) is 2. The molecule has 1 amide bonds. The van der Waals surface area contributed by atoms with Crippen LogP contribution in [0, 0.1) is 5.92 Å². The highest BCUT2D eigenvalue weighted by molar-refractivity contribution is 7.98. The van der Waals surface area contributed by atoms with E-state index in [1.807, 2.05) is 30.5 Å². The molecule has 3 N–H and O–H groups in total. The van der Waals surface area contributed by atoms with Crippen LogP contribution in [0.5, 0.6) is 0 Å². The van der Waals surface area contributed by atoms with E-state index in [0.29, 0.717) is 12.3 Å². The van der Waals surface area contributed by atoms with E-state index in [9.17, 15) is 4.79 Å². The number of rotatable bonds is 4. The minimum atomic E-state index is 0.0839. The molecule has 19 heavy (non-hydrogen) atoms. The lowest BCUT2D eigenvalue weighted by Gasteiger charge is -2.27. The Labute approximate surface area is 119 Å². The van der Waals surface area contributed by atoms with Crippen LogP contribution in [0.15, 0.2) is 29.2 Å². The molecule has 0 radical (unpaired) electrons. The molecule has 1 aliphatic rings. The van der Waals surface area contributed by atoms with Crippen molar-refractivity contribution < 1.29 is 4.79 Å². The maximum absolute atomic E-state index is 12.1. The van der Waals surface area contributed by atoms with Gasteiger partial charge in [-0.05, 0) is 43.2 Å². The van der Waals surface area contributed by atoms with Crippen LogP contribution in [0.2, 0.25) is 0 Å². The fourth-order valence-corrected chi connectivity index (χ4v) is 3.10. The summed E-state index contributed by atoms with van der Waals surface area (Å²) in [6.07, 6.45) is 7.12. The van der Waals surface area contributed by atoms with E-state index in [0.717, 1.165) is 23.4 Å². The second-order valence-electron chi connectivity index (χ2n) is 5.19. The van der Waals surface area contributed by atoms with Crippen molar-refractivity contribution in [3.8, 4) is 0 Å². The number of anilines is 1. The smallest absolute Gasteiger partial charge is 0.224 e. The molecule has 0 spiro atoms. The average molecular weight is 278 g/mol. The van der Waals surface area contributed by atoms with Gasteiger partial charge in [0.25, 0.3) is 0 Å². The highest BCUT2D eigenvalue weighted by atomic mass is 32.2. The fourth-order valence-electron chi connectivity index (χ4n) is 2.64. The minimum absolute atomic E-state index is 0.0839. The summed E-state index contributed by atoms with van der Waals surface area (Å²) in [6.45, 7) is 0.